The Morgan fingerprint density at radius 3 is 2.71 bits per heavy atom. The highest BCUT2D eigenvalue weighted by Crippen LogP contribution is 2.61. The number of carbonyl (C=O) groups is 2. The Balaban J connectivity index is 1.85. The molecule has 21 heavy (non-hydrogen) atoms. The van der Waals surface area contributed by atoms with E-state index in [2.05, 4.69) is 12.2 Å². The van der Waals surface area contributed by atoms with Crippen molar-refractivity contribution >= 4 is 40.7 Å². The standard InChI is InChI=1S/C16H13Cl2NO2/c1-16-9-6-5-8(7-9)12(16)14(20)19(15(16)21)11-4-2-3-10(17)13(11)18/h2-6,8-9,12H,7H2,1H3/t8-,9-,12+,16-/m1/s1. The molecule has 1 saturated heterocycles. The molecule has 2 fully saturated rings. The van der Waals surface area contributed by atoms with E-state index in [1.807, 2.05) is 6.92 Å². The van der Waals surface area contributed by atoms with Crippen LogP contribution in [0.2, 0.25) is 10.0 Å². The fourth-order valence-electron chi connectivity index (χ4n) is 4.20. The summed E-state index contributed by atoms with van der Waals surface area (Å²) in [6.07, 6.45) is 5.05. The van der Waals surface area contributed by atoms with Gasteiger partial charge in [0.05, 0.1) is 27.1 Å². The third kappa shape index (κ3) is 1.46. The summed E-state index contributed by atoms with van der Waals surface area (Å²) in [5.41, 5.74) is -0.239. The number of nitrogens with zero attached hydrogens (tertiary/aromatic N) is 1. The highest BCUT2D eigenvalue weighted by Gasteiger charge is 2.67. The number of allylic oxidation sites excluding steroid dienone is 2. The molecule has 0 N–H and O–H groups in total. The summed E-state index contributed by atoms with van der Waals surface area (Å²) < 4.78 is 0. The first kappa shape index (κ1) is 13.4. The van der Waals surface area contributed by atoms with Gasteiger partial charge in [-0.2, -0.15) is 0 Å². The largest absolute Gasteiger partial charge is 0.274 e. The van der Waals surface area contributed by atoms with Crippen LogP contribution in [0.1, 0.15) is 13.3 Å². The van der Waals surface area contributed by atoms with Crippen molar-refractivity contribution in [3.63, 3.8) is 0 Å². The summed E-state index contributed by atoms with van der Waals surface area (Å²) in [4.78, 5) is 27.0. The Bertz CT molecular complexity index is 714. The number of carbonyl (C=O) groups excluding carboxylic acids is 2. The van der Waals surface area contributed by atoms with Gasteiger partial charge in [0.1, 0.15) is 0 Å². The van der Waals surface area contributed by atoms with Crippen LogP contribution in [0.5, 0.6) is 0 Å². The van der Waals surface area contributed by atoms with Gasteiger partial charge in [0.2, 0.25) is 11.8 Å². The number of halogens is 2. The smallest absolute Gasteiger partial charge is 0.241 e. The van der Waals surface area contributed by atoms with E-state index in [0.717, 1.165) is 6.42 Å². The molecule has 2 bridgehead atoms. The maximum absolute atomic E-state index is 12.9. The molecule has 3 nitrogen and oxygen atoms in total. The van der Waals surface area contributed by atoms with Crippen molar-refractivity contribution in [2.75, 3.05) is 4.90 Å². The van der Waals surface area contributed by atoms with Crippen LogP contribution in [-0.4, -0.2) is 11.8 Å². The molecule has 4 atom stereocenters. The van der Waals surface area contributed by atoms with Crippen molar-refractivity contribution < 1.29 is 9.59 Å². The molecular formula is C16H13Cl2NO2. The molecule has 0 spiro atoms. The quantitative estimate of drug-likeness (QED) is 0.584. The molecule has 3 aliphatic rings. The summed E-state index contributed by atoms with van der Waals surface area (Å²) in [6, 6.07) is 5.02. The SMILES string of the molecule is C[C@]12C(=O)N(c3cccc(Cl)c3Cl)C(=O)[C@@H]1[C@@H]1C=C[C@@H]2C1. The zero-order valence-corrected chi connectivity index (χ0v) is 12.9. The third-order valence-electron chi connectivity index (χ3n) is 5.28. The van der Waals surface area contributed by atoms with Crippen LogP contribution in [-0.2, 0) is 9.59 Å². The van der Waals surface area contributed by atoms with Crippen LogP contribution in [0.25, 0.3) is 0 Å². The number of rotatable bonds is 1. The number of fused-ring (bicyclic) bond motifs is 5. The molecular weight excluding hydrogens is 309 g/mol. The van der Waals surface area contributed by atoms with E-state index >= 15 is 0 Å². The number of benzene rings is 1. The Labute approximate surface area is 132 Å². The Kier molecular flexibility index (Phi) is 2.61. The first-order chi connectivity index (χ1) is 9.96. The molecule has 108 valence electrons. The molecule has 1 aromatic rings. The molecule has 0 aromatic heterocycles. The van der Waals surface area contributed by atoms with Crippen molar-refractivity contribution in [2.24, 2.45) is 23.2 Å². The van der Waals surface area contributed by atoms with Gasteiger partial charge >= 0.3 is 0 Å². The molecule has 1 heterocycles. The lowest BCUT2D eigenvalue weighted by molar-refractivity contribution is -0.127. The molecule has 0 radical (unpaired) electrons. The van der Waals surface area contributed by atoms with E-state index < -0.39 is 5.41 Å². The fourth-order valence-corrected chi connectivity index (χ4v) is 4.58. The van der Waals surface area contributed by atoms with Crippen LogP contribution >= 0.6 is 23.2 Å². The zero-order valence-electron chi connectivity index (χ0n) is 11.3. The summed E-state index contributed by atoms with van der Waals surface area (Å²) in [7, 11) is 0. The van der Waals surface area contributed by atoms with Crippen molar-refractivity contribution in [2.45, 2.75) is 13.3 Å². The molecule has 1 aliphatic heterocycles. The van der Waals surface area contributed by atoms with Gasteiger partial charge in [0, 0.05) is 0 Å². The minimum absolute atomic E-state index is 0.145. The van der Waals surface area contributed by atoms with Crippen LogP contribution in [0, 0.1) is 23.2 Å². The summed E-state index contributed by atoms with van der Waals surface area (Å²) in [5.74, 6) is -0.261. The highest BCUT2D eigenvalue weighted by molar-refractivity contribution is 6.45. The number of amides is 2. The van der Waals surface area contributed by atoms with Gasteiger partial charge in [-0.1, -0.05) is 41.4 Å². The van der Waals surface area contributed by atoms with Crippen molar-refractivity contribution in [3.05, 3.63) is 40.4 Å². The molecule has 0 unspecified atom stereocenters. The minimum atomic E-state index is -0.637. The number of hydrogen-bond donors (Lipinski definition) is 0. The lowest BCUT2D eigenvalue weighted by Gasteiger charge is -2.28. The molecule has 2 aliphatic carbocycles. The van der Waals surface area contributed by atoms with Crippen LogP contribution < -0.4 is 4.90 Å². The Morgan fingerprint density at radius 1 is 1.24 bits per heavy atom. The van der Waals surface area contributed by atoms with Gasteiger partial charge in [0.25, 0.3) is 0 Å². The van der Waals surface area contributed by atoms with Gasteiger partial charge < -0.3 is 0 Å². The second kappa shape index (κ2) is 4.11. The Morgan fingerprint density at radius 2 is 2.00 bits per heavy atom. The third-order valence-corrected chi connectivity index (χ3v) is 6.09. The van der Waals surface area contributed by atoms with Gasteiger partial charge in [0.15, 0.2) is 0 Å². The second-order valence-electron chi connectivity index (χ2n) is 6.20. The van der Waals surface area contributed by atoms with Crippen molar-refractivity contribution in [3.8, 4) is 0 Å². The van der Waals surface area contributed by atoms with Gasteiger partial charge in [-0.05, 0) is 37.3 Å². The van der Waals surface area contributed by atoms with E-state index in [4.69, 9.17) is 23.2 Å². The van der Waals surface area contributed by atoms with E-state index in [0.29, 0.717) is 10.7 Å². The summed E-state index contributed by atoms with van der Waals surface area (Å²) >= 11 is 12.2. The molecule has 1 aromatic carbocycles. The monoisotopic (exact) mass is 321 g/mol. The summed E-state index contributed by atoms with van der Waals surface area (Å²) in [6.45, 7) is 1.91. The van der Waals surface area contributed by atoms with Gasteiger partial charge in [-0.25, -0.2) is 4.90 Å². The van der Waals surface area contributed by atoms with E-state index in [9.17, 15) is 9.59 Å². The molecule has 2 amide bonds. The molecule has 1 saturated carbocycles. The average molecular weight is 322 g/mol. The van der Waals surface area contributed by atoms with Crippen LogP contribution in [0.15, 0.2) is 30.4 Å². The lowest BCUT2D eigenvalue weighted by atomic mass is 9.71. The predicted octanol–water partition coefficient (Wildman–Crippen LogP) is 3.70. The molecule has 4 rings (SSSR count). The van der Waals surface area contributed by atoms with E-state index in [1.165, 1.54) is 4.90 Å². The first-order valence-electron chi connectivity index (χ1n) is 6.97. The molecule has 5 heteroatoms. The number of imide groups is 1. The van der Waals surface area contributed by atoms with Crippen LogP contribution in [0.4, 0.5) is 5.69 Å². The number of anilines is 1. The zero-order chi connectivity index (χ0) is 14.9. The van der Waals surface area contributed by atoms with E-state index in [1.54, 1.807) is 18.2 Å². The first-order valence-corrected chi connectivity index (χ1v) is 7.72. The van der Waals surface area contributed by atoms with Gasteiger partial charge in [-0.15, -0.1) is 0 Å². The average Bonchev–Trinajstić information content (AvgIpc) is 3.07. The normalized spacial score (nSPS) is 36.7. The fraction of sp³-hybridized carbons (Fsp3) is 0.375. The maximum Gasteiger partial charge on any atom is 0.241 e. The topological polar surface area (TPSA) is 37.4 Å². The predicted molar refractivity (Wildman–Crippen MR) is 81.3 cm³/mol. The Hall–Kier alpha value is -1.32. The van der Waals surface area contributed by atoms with Crippen LogP contribution in [0.3, 0.4) is 0 Å². The highest BCUT2D eigenvalue weighted by atomic mass is 35.5. The maximum atomic E-state index is 12.9. The second-order valence-corrected chi connectivity index (χ2v) is 6.99. The lowest BCUT2D eigenvalue weighted by Crippen LogP contribution is -2.37. The van der Waals surface area contributed by atoms with Crippen molar-refractivity contribution in [1.29, 1.82) is 0 Å². The van der Waals surface area contributed by atoms with Crippen molar-refractivity contribution in [1.82, 2.24) is 0 Å². The minimum Gasteiger partial charge on any atom is -0.274 e. The van der Waals surface area contributed by atoms with Gasteiger partial charge in [-0.3, -0.25) is 9.59 Å². The summed E-state index contributed by atoms with van der Waals surface area (Å²) in [5, 5.41) is 0.600. The number of hydrogen-bond acceptors (Lipinski definition) is 2. The van der Waals surface area contributed by atoms with E-state index in [-0.39, 0.29) is 34.6 Å².